The van der Waals surface area contributed by atoms with Crippen LogP contribution < -0.4 is 16.0 Å². The van der Waals surface area contributed by atoms with Gasteiger partial charge in [0.15, 0.2) is 0 Å². The van der Waals surface area contributed by atoms with Crippen molar-refractivity contribution in [2.75, 3.05) is 18.4 Å². The highest BCUT2D eigenvalue weighted by molar-refractivity contribution is 7.15. The van der Waals surface area contributed by atoms with Crippen molar-refractivity contribution in [2.24, 2.45) is 0 Å². The Morgan fingerprint density at radius 3 is 2.35 bits per heavy atom. The molecule has 3 N–H and O–H groups in total. The summed E-state index contributed by atoms with van der Waals surface area (Å²) in [5.41, 5.74) is 0.951. The van der Waals surface area contributed by atoms with E-state index in [2.05, 4.69) is 26.1 Å². The standard InChI is InChI=1S/C21H20ClN5O3S/c22-16-9-5-4-8-15(16)20(30)24-13-11-18-26-27-21(31-18)25-17(28)10-12-23-19(29)14-6-2-1-3-7-14/h1-9H,10-13H2,(H,23,29)(H,24,30)(H,25,27,28). The van der Waals surface area contributed by atoms with Crippen molar-refractivity contribution >= 4 is 45.8 Å². The molecule has 0 spiro atoms. The molecule has 10 heteroatoms. The molecule has 1 aromatic heterocycles. The fourth-order valence-electron chi connectivity index (χ4n) is 2.59. The topological polar surface area (TPSA) is 113 Å². The third-order valence-electron chi connectivity index (χ3n) is 4.13. The van der Waals surface area contributed by atoms with Crippen molar-refractivity contribution in [2.45, 2.75) is 12.8 Å². The van der Waals surface area contributed by atoms with E-state index in [4.69, 9.17) is 11.6 Å². The molecule has 0 radical (unpaired) electrons. The van der Waals surface area contributed by atoms with Crippen LogP contribution in [0.1, 0.15) is 32.1 Å². The van der Waals surface area contributed by atoms with Gasteiger partial charge < -0.3 is 16.0 Å². The largest absolute Gasteiger partial charge is 0.352 e. The molecule has 31 heavy (non-hydrogen) atoms. The molecule has 1 heterocycles. The lowest BCUT2D eigenvalue weighted by Gasteiger charge is -2.05. The third-order valence-corrected chi connectivity index (χ3v) is 5.36. The lowest BCUT2D eigenvalue weighted by Crippen LogP contribution is -2.27. The second-order valence-corrected chi connectivity index (χ2v) is 7.88. The highest BCUT2D eigenvalue weighted by Crippen LogP contribution is 2.16. The molecule has 160 valence electrons. The van der Waals surface area contributed by atoms with Gasteiger partial charge in [0.05, 0.1) is 10.6 Å². The monoisotopic (exact) mass is 457 g/mol. The van der Waals surface area contributed by atoms with Gasteiger partial charge in [-0.25, -0.2) is 0 Å². The second-order valence-electron chi connectivity index (χ2n) is 6.41. The lowest BCUT2D eigenvalue weighted by atomic mass is 10.2. The highest BCUT2D eigenvalue weighted by Gasteiger charge is 2.12. The molecule has 0 atom stereocenters. The van der Waals surface area contributed by atoms with Gasteiger partial charge in [0.1, 0.15) is 5.01 Å². The van der Waals surface area contributed by atoms with Gasteiger partial charge in [0.2, 0.25) is 11.0 Å². The number of halogens is 1. The molecule has 0 fully saturated rings. The fourth-order valence-corrected chi connectivity index (χ4v) is 3.57. The molecule has 0 aliphatic rings. The summed E-state index contributed by atoms with van der Waals surface area (Å²) in [6.45, 7) is 0.567. The molecular formula is C21H20ClN5O3S. The van der Waals surface area contributed by atoms with Gasteiger partial charge in [-0.05, 0) is 24.3 Å². The summed E-state index contributed by atoms with van der Waals surface area (Å²) in [6.07, 6.45) is 0.582. The average Bonchev–Trinajstić information content (AvgIpc) is 3.21. The summed E-state index contributed by atoms with van der Waals surface area (Å²) in [4.78, 5) is 36.1. The molecular weight excluding hydrogens is 438 g/mol. The number of hydrogen-bond donors (Lipinski definition) is 3. The van der Waals surface area contributed by atoms with Crippen LogP contribution in [-0.4, -0.2) is 41.0 Å². The Hall–Kier alpha value is -3.30. The maximum atomic E-state index is 12.1. The van der Waals surface area contributed by atoms with E-state index in [1.54, 1.807) is 48.5 Å². The summed E-state index contributed by atoms with van der Waals surface area (Å²) in [5, 5.41) is 17.5. The van der Waals surface area contributed by atoms with Crippen molar-refractivity contribution in [3.8, 4) is 0 Å². The SMILES string of the molecule is O=C(CCNC(=O)c1ccccc1)Nc1nnc(CCNC(=O)c2ccccc2Cl)s1. The maximum absolute atomic E-state index is 12.1. The normalized spacial score (nSPS) is 10.4. The predicted molar refractivity (Wildman–Crippen MR) is 119 cm³/mol. The van der Waals surface area contributed by atoms with E-state index >= 15 is 0 Å². The van der Waals surface area contributed by atoms with Crippen molar-refractivity contribution in [1.82, 2.24) is 20.8 Å². The Labute approximate surface area is 188 Å². The van der Waals surface area contributed by atoms with Gasteiger partial charge in [0, 0.05) is 31.5 Å². The Morgan fingerprint density at radius 2 is 1.58 bits per heavy atom. The summed E-state index contributed by atoms with van der Waals surface area (Å²) in [7, 11) is 0. The van der Waals surface area contributed by atoms with Gasteiger partial charge in [-0.15, -0.1) is 10.2 Å². The summed E-state index contributed by atoms with van der Waals surface area (Å²) in [6, 6.07) is 15.6. The first-order valence-corrected chi connectivity index (χ1v) is 10.7. The molecule has 8 nitrogen and oxygen atoms in total. The fraction of sp³-hybridized carbons (Fsp3) is 0.190. The Balaban J connectivity index is 1.37. The highest BCUT2D eigenvalue weighted by atomic mass is 35.5. The number of amides is 3. The first kappa shape index (κ1) is 22.4. The van der Waals surface area contributed by atoms with Crippen LogP contribution in [0.5, 0.6) is 0 Å². The minimum atomic E-state index is -0.275. The van der Waals surface area contributed by atoms with E-state index in [1.807, 2.05) is 6.07 Å². The molecule has 3 amide bonds. The van der Waals surface area contributed by atoms with Crippen molar-refractivity contribution in [1.29, 1.82) is 0 Å². The molecule has 0 saturated carbocycles. The minimum Gasteiger partial charge on any atom is -0.352 e. The van der Waals surface area contributed by atoms with E-state index in [-0.39, 0.29) is 30.7 Å². The average molecular weight is 458 g/mol. The summed E-state index contributed by atoms with van der Waals surface area (Å²) >= 11 is 7.24. The minimum absolute atomic E-state index is 0.112. The van der Waals surface area contributed by atoms with Crippen molar-refractivity contribution in [3.05, 3.63) is 75.8 Å². The van der Waals surface area contributed by atoms with Gasteiger partial charge in [-0.1, -0.05) is 53.3 Å². The van der Waals surface area contributed by atoms with E-state index in [1.165, 1.54) is 11.3 Å². The van der Waals surface area contributed by atoms with Crippen molar-refractivity contribution in [3.63, 3.8) is 0 Å². The third kappa shape index (κ3) is 6.87. The van der Waals surface area contributed by atoms with Crippen LogP contribution in [0, 0.1) is 0 Å². The number of rotatable bonds is 9. The number of nitrogens with one attached hydrogen (secondary N) is 3. The van der Waals surface area contributed by atoms with Gasteiger partial charge in [0.25, 0.3) is 11.8 Å². The van der Waals surface area contributed by atoms with Gasteiger partial charge in [-0.2, -0.15) is 0 Å². The molecule has 3 aromatic rings. The predicted octanol–water partition coefficient (Wildman–Crippen LogP) is 2.92. The molecule has 0 bridgehead atoms. The zero-order valence-electron chi connectivity index (χ0n) is 16.4. The van der Waals surface area contributed by atoms with Crippen LogP contribution in [0.15, 0.2) is 54.6 Å². The van der Waals surface area contributed by atoms with Crippen LogP contribution in [0.3, 0.4) is 0 Å². The Bertz CT molecular complexity index is 1060. The number of benzene rings is 2. The second kappa shape index (κ2) is 11.2. The number of hydrogen-bond acceptors (Lipinski definition) is 6. The maximum Gasteiger partial charge on any atom is 0.252 e. The number of anilines is 1. The van der Waals surface area contributed by atoms with Gasteiger partial charge in [-0.3, -0.25) is 14.4 Å². The van der Waals surface area contributed by atoms with E-state index in [9.17, 15) is 14.4 Å². The first-order chi connectivity index (χ1) is 15.0. The quantitative estimate of drug-likeness (QED) is 0.457. The molecule has 0 aliphatic carbocycles. The number of nitrogens with zero attached hydrogens (tertiary/aromatic N) is 2. The van der Waals surface area contributed by atoms with Crippen LogP contribution in [0.4, 0.5) is 5.13 Å². The van der Waals surface area contributed by atoms with Crippen LogP contribution >= 0.6 is 22.9 Å². The molecule has 0 unspecified atom stereocenters. The molecule has 0 aliphatic heterocycles. The summed E-state index contributed by atoms with van der Waals surface area (Å²) in [5.74, 6) is -0.769. The van der Waals surface area contributed by atoms with Crippen LogP contribution in [-0.2, 0) is 11.2 Å². The molecule has 2 aromatic carbocycles. The van der Waals surface area contributed by atoms with Gasteiger partial charge >= 0.3 is 0 Å². The Morgan fingerprint density at radius 1 is 0.871 bits per heavy atom. The smallest absolute Gasteiger partial charge is 0.252 e. The zero-order valence-corrected chi connectivity index (χ0v) is 18.0. The summed E-state index contributed by atoms with van der Waals surface area (Å²) < 4.78 is 0. The number of aromatic nitrogens is 2. The lowest BCUT2D eigenvalue weighted by molar-refractivity contribution is -0.116. The first-order valence-electron chi connectivity index (χ1n) is 9.51. The van der Waals surface area contributed by atoms with Crippen LogP contribution in [0.25, 0.3) is 0 Å². The molecule has 3 rings (SSSR count). The van der Waals surface area contributed by atoms with Crippen LogP contribution in [0.2, 0.25) is 5.02 Å². The number of carbonyl (C=O) groups excluding carboxylic acids is 3. The van der Waals surface area contributed by atoms with Crippen molar-refractivity contribution < 1.29 is 14.4 Å². The zero-order chi connectivity index (χ0) is 22.1. The molecule has 0 saturated heterocycles. The Kier molecular flexibility index (Phi) is 8.08. The number of carbonyl (C=O) groups is 3. The van der Waals surface area contributed by atoms with E-state index < -0.39 is 0 Å². The van der Waals surface area contributed by atoms with E-state index in [0.29, 0.717) is 39.3 Å². The van der Waals surface area contributed by atoms with E-state index in [0.717, 1.165) is 0 Å².